The molecule has 0 amide bonds. The van der Waals surface area contributed by atoms with Crippen LogP contribution in [0.15, 0.2) is 42.2 Å². The number of hydrogen-bond donors (Lipinski definition) is 1. The Morgan fingerprint density at radius 3 is 2.54 bits per heavy atom. The maximum atomic E-state index is 15.0. The van der Waals surface area contributed by atoms with Gasteiger partial charge in [0.2, 0.25) is 0 Å². The SMILES string of the molecule is C=CCC1(CC=C)c2c(nc3cc(F)c(C)c4c3c2CCC4)-c2cc3c(c(=O)n21)COC(=O)[C@]3(O)CC. The zero-order valence-electron chi connectivity index (χ0n) is 21.1. The standard InChI is InChI=1S/C30H29FN2O4/c1-5-11-29(12-6-2)25-18-10-8-9-17-16(4)21(31)14-22(24(17)18)32-26(25)23-13-20-19(27(34)33(23)29)15-37-28(35)30(20,36)7-3/h5-6,13-14,36H,1-2,7-12,15H2,3-4H3/t30-/m0/s1. The summed E-state index contributed by atoms with van der Waals surface area (Å²) in [5.41, 5.74) is 2.70. The van der Waals surface area contributed by atoms with Gasteiger partial charge < -0.3 is 9.84 Å². The predicted octanol–water partition coefficient (Wildman–Crippen LogP) is 4.86. The fourth-order valence-corrected chi connectivity index (χ4v) is 6.86. The number of hydrogen-bond acceptors (Lipinski definition) is 5. The Labute approximate surface area is 214 Å². The minimum absolute atomic E-state index is 0.0588. The molecule has 1 aromatic carbocycles. The van der Waals surface area contributed by atoms with Gasteiger partial charge in [-0.05, 0) is 68.2 Å². The quantitative estimate of drug-likeness (QED) is 0.400. The molecule has 1 aliphatic carbocycles. The molecule has 1 N–H and O–H groups in total. The monoisotopic (exact) mass is 500 g/mol. The highest BCUT2D eigenvalue weighted by Crippen LogP contribution is 2.52. The second kappa shape index (κ2) is 7.96. The Bertz CT molecular complexity index is 1610. The minimum Gasteiger partial charge on any atom is -0.458 e. The van der Waals surface area contributed by atoms with E-state index in [2.05, 4.69) is 13.2 Å². The topological polar surface area (TPSA) is 81.4 Å². The van der Waals surface area contributed by atoms with Gasteiger partial charge in [-0.2, -0.15) is 0 Å². The van der Waals surface area contributed by atoms with Crippen LogP contribution in [0.25, 0.3) is 22.3 Å². The molecule has 37 heavy (non-hydrogen) atoms. The summed E-state index contributed by atoms with van der Waals surface area (Å²) in [6.45, 7) is 11.3. The van der Waals surface area contributed by atoms with Gasteiger partial charge >= 0.3 is 5.97 Å². The first-order valence-electron chi connectivity index (χ1n) is 12.8. The van der Waals surface area contributed by atoms with Crippen molar-refractivity contribution in [3.05, 3.63) is 87.0 Å². The third-order valence-corrected chi connectivity index (χ3v) is 8.61. The number of carbonyl (C=O) groups is 1. The predicted molar refractivity (Wildman–Crippen MR) is 139 cm³/mol. The largest absolute Gasteiger partial charge is 0.458 e. The molecule has 6 nitrogen and oxygen atoms in total. The molecule has 0 unspecified atom stereocenters. The molecule has 7 heteroatoms. The van der Waals surface area contributed by atoms with Crippen molar-refractivity contribution in [1.29, 1.82) is 0 Å². The van der Waals surface area contributed by atoms with Crippen LogP contribution in [0.1, 0.15) is 66.0 Å². The zero-order chi connectivity index (χ0) is 26.3. The molecule has 1 atom stereocenters. The van der Waals surface area contributed by atoms with Crippen LogP contribution in [-0.4, -0.2) is 20.6 Å². The Kier molecular flexibility index (Phi) is 5.12. The van der Waals surface area contributed by atoms with Gasteiger partial charge in [0.1, 0.15) is 12.4 Å². The maximum Gasteiger partial charge on any atom is 0.343 e. The lowest BCUT2D eigenvalue weighted by atomic mass is 9.76. The number of cyclic esters (lactones) is 1. The highest BCUT2D eigenvalue weighted by atomic mass is 19.1. The number of rotatable bonds is 5. The van der Waals surface area contributed by atoms with Gasteiger partial charge in [0.15, 0.2) is 5.60 Å². The number of benzene rings is 1. The molecule has 0 saturated heterocycles. The zero-order valence-corrected chi connectivity index (χ0v) is 21.1. The van der Waals surface area contributed by atoms with Gasteiger partial charge in [-0.1, -0.05) is 19.1 Å². The molecular formula is C30H29FN2O4. The minimum atomic E-state index is -1.92. The maximum absolute atomic E-state index is 15.0. The molecule has 0 saturated carbocycles. The van der Waals surface area contributed by atoms with E-state index in [1.165, 1.54) is 6.07 Å². The number of carbonyl (C=O) groups excluding carboxylic acids is 1. The van der Waals surface area contributed by atoms with E-state index in [9.17, 15) is 19.1 Å². The van der Waals surface area contributed by atoms with Gasteiger partial charge in [-0.25, -0.2) is 14.2 Å². The number of nitrogens with zero attached hydrogens (tertiary/aromatic N) is 2. The Hall–Kier alpha value is -3.58. The van der Waals surface area contributed by atoms with Crippen molar-refractivity contribution < 1.29 is 19.0 Å². The normalized spacial score (nSPS) is 20.7. The van der Waals surface area contributed by atoms with Crippen molar-refractivity contribution in [2.24, 2.45) is 0 Å². The van der Waals surface area contributed by atoms with E-state index < -0.39 is 17.1 Å². The number of ether oxygens (including phenoxy) is 1. The van der Waals surface area contributed by atoms with E-state index in [0.29, 0.717) is 35.3 Å². The van der Waals surface area contributed by atoms with Gasteiger partial charge in [0, 0.05) is 22.6 Å². The Balaban J connectivity index is 1.81. The van der Waals surface area contributed by atoms with Crippen LogP contribution in [0.4, 0.5) is 4.39 Å². The number of aryl methyl sites for hydroxylation is 2. The molecule has 2 aliphatic heterocycles. The van der Waals surface area contributed by atoms with Crippen LogP contribution in [-0.2, 0) is 40.1 Å². The summed E-state index contributed by atoms with van der Waals surface area (Å²) < 4.78 is 22.0. The lowest BCUT2D eigenvalue weighted by Gasteiger charge is -2.36. The first-order chi connectivity index (χ1) is 17.7. The summed E-state index contributed by atoms with van der Waals surface area (Å²) in [5.74, 6) is -1.06. The Morgan fingerprint density at radius 1 is 1.16 bits per heavy atom. The second-order valence-corrected chi connectivity index (χ2v) is 10.4. The summed E-state index contributed by atoms with van der Waals surface area (Å²) in [7, 11) is 0. The van der Waals surface area contributed by atoms with Gasteiger partial charge in [-0.3, -0.25) is 9.36 Å². The lowest BCUT2D eigenvalue weighted by Crippen LogP contribution is -2.47. The van der Waals surface area contributed by atoms with E-state index in [0.717, 1.165) is 41.3 Å². The molecule has 0 radical (unpaired) electrons. The fraction of sp³-hybridized carbons (Fsp3) is 0.367. The van der Waals surface area contributed by atoms with Crippen LogP contribution in [0, 0.1) is 12.7 Å². The van der Waals surface area contributed by atoms with E-state index in [1.54, 1.807) is 29.7 Å². The molecule has 4 heterocycles. The van der Waals surface area contributed by atoms with Crippen molar-refractivity contribution in [2.75, 3.05) is 0 Å². The van der Waals surface area contributed by atoms with Crippen molar-refractivity contribution in [1.82, 2.24) is 9.55 Å². The van der Waals surface area contributed by atoms with Gasteiger partial charge in [0.05, 0.1) is 28.0 Å². The molecule has 3 aromatic rings. The second-order valence-electron chi connectivity index (χ2n) is 10.4. The van der Waals surface area contributed by atoms with Crippen LogP contribution >= 0.6 is 0 Å². The number of esters is 1. The van der Waals surface area contributed by atoms with Crippen LogP contribution < -0.4 is 5.56 Å². The summed E-state index contributed by atoms with van der Waals surface area (Å²) >= 11 is 0. The van der Waals surface area contributed by atoms with E-state index >= 15 is 0 Å². The van der Waals surface area contributed by atoms with Crippen LogP contribution in [0.2, 0.25) is 0 Å². The van der Waals surface area contributed by atoms with E-state index in [1.807, 2.05) is 6.92 Å². The van der Waals surface area contributed by atoms with Crippen LogP contribution in [0.5, 0.6) is 0 Å². The first kappa shape index (κ1) is 23.8. The number of halogens is 1. The molecule has 2 aromatic heterocycles. The smallest absolute Gasteiger partial charge is 0.343 e. The highest BCUT2D eigenvalue weighted by Gasteiger charge is 2.50. The molecule has 6 rings (SSSR count). The number of allylic oxidation sites excluding steroid dienone is 2. The molecular weight excluding hydrogens is 471 g/mol. The van der Waals surface area contributed by atoms with Gasteiger partial charge in [-0.15, -0.1) is 13.2 Å². The molecule has 0 bridgehead atoms. The number of fused-ring (bicyclic) bond motifs is 5. The molecule has 190 valence electrons. The van der Waals surface area contributed by atoms with Crippen molar-refractivity contribution in [2.45, 2.75) is 70.1 Å². The summed E-state index contributed by atoms with van der Waals surface area (Å²) in [4.78, 5) is 31.8. The van der Waals surface area contributed by atoms with E-state index in [4.69, 9.17) is 9.72 Å². The third-order valence-electron chi connectivity index (χ3n) is 8.61. The number of aromatic nitrogens is 2. The van der Waals surface area contributed by atoms with Crippen molar-refractivity contribution in [3.8, 4) is 11.4 Å². The average Bonchev–Trinajstić information content (AvgIpc) is 3.15. The van der Waals surface area contributed by atoms with Crippen LogP contribution in [0.3, 0.4) is 0 Å². The van der Waals surface area contributed by atoms with E-state index in [-0.39, 0.29) is 35.5 Å². The highest BCUT2D eigenvalue weighted by molar-refractivity contribution is 5.93. The number of aliphatic hydroxyl groups is 1. The summed E-state index contributed by atoms with van der Waals surface area (Å²) in [5, 5.41) is 12.3. The molecule has 0 fully saturated rings. The molecule has 0 spiro atoms. The Morgan fingerprint density at radius 2 is 1.86 bits per heavy atom. The lowest BCUT2D eigenvalue weighted by molar-refractivity contribution is -0.172. The molecule has 3 aliphatic rings. The number of pyridine rings is 2. The van der Waals surface area contributed by atoms with Crippen molar-refractivity contribution in [3.63, 3.8) is 0 Å². The average molecular weight is 501 g/mol. The fourth-order valence-electron chi connectivity index (χ4n) is 6.86. The summed E-state index contributed by atoms with van der Waals surface area (Å²) in [6, 6.07) is 3.19. The van der Waals surface area contributed by atoms with Crippen molar-refractivity contribution >= 4 is 16.9 Å². The third kappa shape index (κ3) is 2.86. The van der Waals surface area contributed by atoms with Gasteiger partial charge in [0.25, 0.3) is 5.56 Å². The first-order valence-corrected chi connectivity index (χ1v) is 12.8. The summed E-state index contributed by atoms with van der Waals surface area (Å²) in [6.07, 6.45) is 6.97.